The highest BCUT2D eigenvalue weighted by Gasteiger charge is 2.24. The van der Waals surface area contributed by atoms with Crippen molar-refractivity contribution in [3.63, 3.8) is 0 Å². The van der Waals surface area contributed by atoms with Gasteiger partial charge in [0.05, 0.1) is 0 Å². The largest absolute Gasteiger partial charge is 0.315 e. The molecule has 3 rings (SSSR count). The van der Waals surface area contributed by atoms with Gasteiger partial charge in [0.1, 0.15) is 0 Å². The standard InChI is InChI=1S/C13H20N2S/c1-4-12(11-6-8-16-13(11)5-1)15-10-3-2-7-14-9-10/h6,8,10,12,14-15H,1-5,7,9H2. The van der Waals surface area contributed by atoms with E-state index in [4.69, 9.17) is 0 Å². The molecule has 0 spiro atoms. The Hall–Kier alpha value is -0.380. The van der Waals surface area contributed by atoms with Crippen molar-refractivity contribution in [1.82, 2.24) is 10.6 Å². The normalized spacial score (nSPS) is 30.0. The van der Waals surface area contributed by atoms with Gasteiger partial charge in [0.15, 0.2) is 0 Å². The Labute approximate surface area is 101 Å². The zero-order valence-corrected chi connectivity index (χ0v) is 10.5. The molecular formula is C13H20N2S. The lowest BCUT2D eigenvalue weighted by atomic mass is 9.92. The molecule has 0 radical (unpaired) electrons. The molecule has 2 nitrogen and oxygen atoms in total. The van der Waals surface area contributed by atoms with Gasteiger partial charge >= 0.3 is 0 Å². The van der Waals surface area contributed by atoms with Gasteiger partial charge < -0.3 is 10.6 Å². The van der Waals surface area contributed by atoms with Gasteiger partial charge in [-0.3, -0.25) is 0 Å². The predicted octanol–water partition coefficient (Wildman–Crippen LogP) is 2.47. The third kappa shape index (κ3) is 2.17. The summed E-state index contributed by atoms with van der Waals surface area (Å²) in [6.45, 7) is 2.35. The van der Waals surface area contributed by atoms with E-state index in [-0.39, 0.29) is 0 Å². The van der Waals surface area contributed by atoms with Gasteiger partial charge in [0.25, 0.3) is 0 Å². The zero-order valence-electron chi connectivity index (χ0n) is 9.67. The Bertz CT molecular complexity index is 341. The van der Waals surface area contributed by atoms with E-state index in [2.05, 4.69) is 22.1 Å². The van der Waals surface area contributed by atoms with E-state index in [9.17, 15) is 0 Å². The minimum Gasteiger partial charge on any atom is -0.315 e. The first-order valence-corrected chi connectivity index (χ1v) is 7.34. The number of thiophene rings is 1. The quantitative estimate of drug-likeness (QED) is 0.824. The summed E-state index contributed by atoms with van der Waals surface area (Å²) in [6.07, 6.45) is 6.63. The van der Waals surface area contributed by atoms with Crippen LogP contribution in [0.15, 0.2) is 11.4 Å². The third-order valence-electron chi connectivity index (χ3n) is 3.79. The van der Waals surface area contributed by atoms with Gasteiger partial charge in [-0.1, -0.05) is 0 Å². The molecule has 1 aromatic rings. The zero-order chi connectivity index (χ0) is 10.8. The van der Waals surface area contributed by atoms with Crippen molar-refractivity contribution in [2.75, 3.05) is 13.1 Å². The lowest BCUT2D eigenvalue weighted by Gasteiger charge is -2.31. The first-order chi connectivity index (χ1) is 7.93. The summed E-state index contributed by atoms with van der Waals surface area (Å²) in [7, 11) is 0. The van der Waals surface area contributed by atoms with Crippen LogP contribution in [0.25, 0.3) is 0 Å². The van der Waals surface area contributed by atoms with Crippen LogP contribution in [-0.2, 0) is 6.42 Å². The summed E-state index contributed by atoms with van der Waals surface area (Å²) in [6, 6.07) is 3.64. The van der Waals surface area contributed by atoms with Crippen LogP contribution in [0.5, 0.6) is 0 Å². The highest BCUT2D eigenvalue weighted by molar-refractivity contribution is 7.10. The Morgan fingerprint density at radius 1 is 1.31 bits per heavy atom. The summed E-state index contributed by atoms with van der Waals surface area (Å²) in [5.74, 6) is 0. The minimum absolute atomic E-state index is 0.625. The topological polar surface area (TPSA) is 24.1 Å². The molecule has 2 heterocycles. The lowest BCUT2D eigenvalue weighted by Crippen LogP contribution is -2.44. The van der Waals surface area contributed by atoms with Gasteiger partial charge in [-0.25, -0.2) is 0 Å². The first kappa shape index (κ1) is 10.8. The van der Waals surface area contributed by atoms with Gasteiger partial charge in [-0.15, -0.1) is 11.3 Å². The van der Waals surface area contributed by atoms with E-state index in [0.29, 0.717) is 12.1 Å². The summed E-state index contributed by atoms with van der Waals surface area (Å²) < 4.78 is 0. The molecular weight excluding hydrogens is 216 g/mol. The first-order valence-electron chi connectivity index (χ1n) is 6.46. The van der Waals surface area contributed by atoms with Crippen molar-refractivity contribution in [3.8, 4) is 0 Å². The van der Waals surface area contributed by atoms with Crippen molar-refractivity contribution in [2.45, 2.75) is 44.2 Å². The molecule has 1 aromatic heterocycles. The predicted molar refractivity (Wildman–Crippen MR) is 69.0 cm³/mol. The maximum Gasteiger partial charge on any atom is 0.0334 e. The van der Waals surface area contributed by atoms with Crippen LogP contribution in [0, 0.1) is 0 Å². The second-order valence-corrected chi connectivity index (χ2v) is 5.95. The molecule has 1 aliphatic heterocycles. The van der Waals surface area contributed by atoms with E-state index in [1.165, 1.54) is 38.6 Å². The second kappa shape index (κ2) is 4.86. The molecule has 1 saturated heterocycles. The van der Waals surface area contributed by atoms with Gasteiger partial charge in [0, 0.05) is 23.5 Å². The van der Waals surface area contributed by atoms with Crippen LogP contribution in [0.3, 0.4) is 0 Å². The van der Waals surface area contributed by atoms with E-state index in [0.717, 1.165) is 6.54 Å². The fourth-order valence-corrected chi connectivity index (χ4v) is 3.93. The molecule has 0 bridgehead atoms. The van der Waals surface area contributed by atoms with E-state index < -0.39 is 0 Å². The molecule has 1 fully saturated rings. The highest BCUT2D eigenvalue weighted by Crippen LogP contribution is 2.33. The number of piperidine rings is 1. The molecule has 2 atom stereocenters. The average Bonchev–Trinajstić information content (AvgIpc) is 2.80. The number of nitrogens with one attached hydrogen (secondary N) is 2. The molecule has 2 unspecified atom stereocenters. The summed E-state index contributed by atoms with van der Waals surface area (Å²) in [5.41, 5.74) is 1.59. The van der Waals surface area contributed by atoms with E-state index in [1.54, 1.807) is 10.4 Å². The average molecular weight is 236 g/mol. The Morgan fingerprint density at radius 2 is 2.31 bits per heavy atom. The number of rotatable bonds is 2. The van der Waals surface area contributed by atoms with Crippen LogP contribution in [0.2, 0.25) is 0 Å². The smallest absolute Gasteiger partial charge is 0.0334 e. The van der Waals surface area contributed by atoms with Crippen LogP contribution in [0.4, 0.5) is 0 Å². The van der Waals surface area contributed by atoms with Gasteiger partial charge in [-0.05, 0) is 55.7 Å². The van der Waals surface area contributed by atoms with Gasteiger partial charge in [0.2, 0.25) is 0 Å². The number of hydrogen-bond donors (Lipinski definition) is 2. The third-order valence-corrected chi connectivity index (χ3v) is 4.78. The van der Waals surface area contributed by atoms with Crippen molar-refractivity contribution in [1.29, 1.82) is 0 Å². The second-order valence-electron chi connectivity index (χ2n) is 4.95. The Balaban J connectivity index is 1.67. The van der Waals surface area contributed by atoms with Gasteiger partial charge in [-0.2, -0.15) is 0 Å². The Kier molecular flexibility index (Phi) is 3.27. The van der Waals surface area contributed by atoms with Crippen LogP contribution < -0.4 is 10.6 Å². The lowest BCUT2D eigenvalue weighted by molar-refractivity contribution is 0.335. The summed E-state index contributed by atoms with van der Waals surface area (Å²) >= 11 is 1.94. The fourth-order valence-electron chi connectivity index (χ4n) is 2.94. The van der Waals surface area contributed by atoms with Crippen molar-refractivity contribution >= 4 is 11.3 Å². The number of fused-ring (bicyclic) bond motifs is 1. The molecule has 3 heteroatoms. The monoisotopic (exact) mass is 236 g/mol. The van der Waals surface area contributed by atoms with Crippen molar-refractivity contribution in [2.24, 2.45) is 0 Å². The molecule has 2 N–H and O–H groups in total. The van der Waals surface area contributed by atoms with Crippen LogP contribution in [-0.4, -0.2) is 19.1 Å². The summed E-state index contributed by atoms with van der Waals surface area (Å²) in [4.78, 5) is 1.62. The maximum absolute atomic E-state index is 3.84. The van der Waals surface area contributed by atoms with Crippen LogP contribution >= 0.6 is 11.3 Å². The molecule has 1 aliphatic carbocycles. The van der Waals surface area contributed by atoms with Crippen LogP contribution in [0.1, 0.15) is 42.2 Å². The van der Waals surface area contributed by atoms with E-state index >= 15 is 0 Å². The molecule has 0 saturated carbocycles. The number of aryl methyl sites for hydroxylation is 1. The SMILES string of the molecule is c1cc2c(s1)CCCC2NC1CCCNC1. The minimum atomic E-state index is 0.625. The molecule has 88 valence electrons. The number of hydrogen-bond acceptors (Lipinski definition) is 3. The Morgan fingerprint density at radius 3 is 3.19 bits per heavy atom. The molecule has 0 amide bonds. The molecule has 16 heavy (non-hydrogen) atoms. The molecule has 0 aromatic carbocycles. The summed E-state index contributed by atoms with van der Waals surface area (Å²) in [5, 5.41) is 9.58. The van der Waals surface area contributed by atoms with Crippen molar-refractivity contribution < 1.29 is 0 Å². The maximum atomic E-state index is 3.84. The fraction of sp³-hybridized carbons (Fsp3) is 0.692. The highest BCUT2D eigenvalue weighted by atomic mass is 32.1. The molecule has 2 aliphatic rings. The van der Waals surface area contributed by atoms with E-state index in [1.807, 2.05) is 11.3 Å². The van der Waals surface area contributed by atoms with Crippen molar-refractivity contribution in [3.05, 3.63) is 21.9 Å².